The van der Waals surface area contributed by atoms with Crippen molar-refractivity contribution >= 4 is 11.5 Å². The van der Waals surface area contributed by atoms with E-state index in [0.717, 1.165) is 11.7 Å². The smallest absolute Gasteiger partial charge is 0.126 e. The number of nitrogens with two attached hydrogens (primary N) is 1. The minimum absolute atomic E-state index is 0.156. The van der Waals surface area contributed by atoms with E-state index < -0.39 is 0 Å². The Bertz CT molecular complexity index is 312. The first kappa shape index (κ1) is 9.31. The van der Waals surface area contributed by atoms with Crippen LogP contribution in [0, 0.1) is 5.92 Å². The van der Waals surface area contributed by atoms with E-state index in [4.69, 9.17) is 5.73 Å². The topological polar surface area (TPSA) is 50.9 Å². The number of nitrogen functional groups attached to an aromatic ring is 1. The first-order valence-corrected chi connectivity index (χ1v) is 5.08. The molecule has 76 valence electrons. The summed E-state index contributed by atoms with van der Waals surface area (Å²) in [4.78, 5) is 4.24. The molecule has 0 saturated heterocycles. The van der Waals surface area contributed by atoms with Crippen LogP contribution < -0.4 is 11.1 Å². The monoisotopic (exact) mass is 191 g/mol. The maximum Gasteiger partial charge on any atom is 0.126 e. The van der Waals surface area contributed by atoms with Gasteiger partial charge >= 0.3 is 0 Å². The third-order valence-electron chi connectivity index (χ3n) is 2.83. The average Bonchev–Trinajstić information content (AvgIpc) is 2.91. The van der Waals surface area contributed by atoms with Gasteiger partial charge in [-0.15, -0.1) is 0 Å². The molecule has 2 rings (SSSR count). The van der Waals surface area contributed by atoms with Gasteiger partial charge in [0.25, 0.3) is 0 Å². The van der Waals surface area contributed by atoms with Crippen LogP contribution in [0.15, 0.2) is 18.3 Å². The van der Waals surface area contributed by atoms with Gasteiger partial charge in [0.1, 0.15) is 5.82 Å². The van der Waals surface area contributed by atoms with Crippen LogP contribution in [0.5, 0.6) is 0 Å². The zero-order valence-electron chi connectivity index (χ0n) is 8.75. The highest BCUT2D eigenvalue weighted by Gasteiger charge is 2.37. The maximum absolute atomic E-state index is 5.57. The predicted molar refractivity (Wildman–Crippen MR) is 59.1 cm³/mol. The van der Waals surface area contributed by atoms with E-state index in [0.29, 0.717) is 5.69 Å². The van der Waals surface area contributed by atoms with Crippen molar-refractivity contribution in [2.24, 2.45) is 5.92 Å². The third-order valence-corrected chi connectivity index (χ3v) is 2.83. The van der Waals surface area contributed by atoms with Gasteiger partial charge < -0.3 is 11.1 Å². The summed E-state index contributed by atoms with van der Waals surface area (Å²) in [6, 6.07) is 3.80. The number of hydrogen-bond donors (Lipinski definition) is 2. The van der Waals surface area contributed by atoms with Crippen LogP contribution in [-0.4, -0.2) is 10.5 Å². The fraction of sp³-hybridized carbons (Fsp3) is 0.545. The lowest BCUT2D eigenvalue weighted by Gasteiger charge is -2.26. The van der Waals surface area contributed by atoms with E-state index in [9.17, 15) is 0 Å². The Balaban J connectivity index is 2.06. The fourth-order valence-electron chi connectivity index (χ4n) is 1.72. The number of pyridine rings is 1. The summed E-state index contributed by atoms with van der Waals surface area (Å²) in [5, 5.41) is 3.44. The minimum atomic E-state index is 0.156. The Morgan fingerprint density at radius 2 is 2.14 bits per heavy atom. The Kier molecular flexibility index (Phi) is 2.10. The number of nitrogens with zero attached hydrogens (tertiary/aromatic N) is 1. The van der Waals surface area contributed by atoms with E-state index in [1.54, 1.807) is 6.20 Å². The van der Waals surface area contributed by atoms with Crippen LogP contribution in [0.25, 0.3) is 0 Å². The molecule has 0 bridgehead atoms. The average molecular weight is 191 g/mol. The second-order valence-corrected chi connectivity index (χ2v) is 4.60. The fourth-order valence-corrected chi connectivity index (χ4v) is 1.72. The summed E-state index contributed by atoms with van der Waals surface area (Å²) < 4.78 is 0. The summed E-state index contributed by atoms with van der Waals surface area (Å²) in [6.07, 6.45) is 4.34. The highest BCUT2D eigenvalue weighted by molar-refractivity contribution is 5.45. The lowest BCUT2D eigenvalue weighted by Crippen LogP contribution is -2.33. The molecule has 1 aromatic rings. The molecule has 3 heteroatoms. The summed E-state index contributed by atoms with van der Waals surface area (Å²) in [6.45, 7) is 4.45. The Labute approximate surface area is 84.7 Å². The van der Waals surface area contributed by atoms with Gasteiger partial charge in [-0.1, -0.05) is 0 Å². The van der Waals surface area contributed by atoms with E-state index in [-0.39, 0.29) is 5.54 Å². The summed E-state index contributed by atoms with van der Waals surface area (Å²) in [5.41, 5.74) is 6.44. The number of aromatic nitrogens is 1. The Morgan fingerprint density at radius 1 is 1.43 bits per heavy atom. The van der Waals surface area contributed by atoms with Gasteiger partial charge in [-0.2, -0.15) is 0 Å². The molecule has 1 heterocycles. The molecule has 0 atom stereocenters. The molecular formula is C11H17N3. The molecule has 1 fully saturated rings. The lowest BCUT2D eigenvalue weighted by atomic mass is 9.99. The summed E-state index contributed by atoms with van der Waals surface area (Å²) in [5.74, 6) is 1.71. The highest BCUT2D eigenvalue weighted by Crippen LogP contribution is 2.40. The van der Waals surface area contributed by atoms with Gasteiger partial charge in [-0.05, 0) is 44.7 Å². The zero-order chi connectivity index (χ0) is 10.2. The van der Waals surface area contributed by atoms with Gasteiger partial charge in [-0.25, -0.2) is 4.98 Å². The van der Waals surface area contributed by atoms with Crippen LogP contribution >= 0.6 is 0 Å². The maximum atomic E-state index is 5.57. The molecular weight excluding hydrogens is 174 g/mol. The van der Waals surface area contributed by atoms with Crippen molar-refractivity contribution in [1.82, 2.24) is 4.98 Å². The summed E-state index contributed by atoms with van der Waals surface area (Å²) in [7, 11) is 0. The molecule has 0 aliphatic heterocycles. The second kappa shape index (κ2) is 3.15. The normalized spacial score (nSPS) is 16.7. The standard InChI is InChI=1S/C11H17N3/c1-11(2,8-3-4-8)14-10-6-5-9(12)7-13-10/h5-8H,3-4,12H2,1-2H3,(H,13,14). The molecule has 0 unspecified atom stereocenters. The van der Waals surface area contributed by atoms with Crippen LogP contribution in [0.4, 0.5) is 11.5 Å². The second-order valence-electron chi connectivity index (χ2n) is 4.60. The Morgan fingerprint density at radius 3 is 2.64 bits per heavy atom. The van der Waals surface area contributed by atoms with Crippen molar-refractivity contribution < 1.29 is 0 Å². The molecule has 0 amide bonds. The van der Waals surface area contributed by atoms with Crippen LogP contribution in [0.1, 0.15) is 26.7 Å². The van der Waals surface area contributed by atoms with Gasteiger partial charge in [0, 0.05) is 5.54 Å². The number of anilines is 2. The van der Waals surface area contributed by atoms with Gasteiger partial charge in [0.15, 0.2) is 0 Å². The molecule has 1 saturated carbocycles. The number of nitrogens with one attached hydrogen (secondary N) is 1. The Hall–Kier alpha value is -1.25. The van der Waals surface area contributed by atoms with E-state index >= 15 is 0 Å². The summed E-state index contributed by atoms with van der Waals surface area (Å²) >= 11 is 0. The molecule has 0 aromatic carbocycles. The van der Waals surface area contributed by atoms with E-state index in [2.05, 4.69) is 24.1 Å². The van der Waals surface area contributed by atoms with Gasteiger partial charge in [0.05, 0.1) is 11.9 Å². The molecule has 1 aromatic heterocycles. The molecule has 1 aliphatic carbocycles. The third kappa shape index (κ3) is 1.97. The van der Waals surface area contributed by atoms with Crippen molar-refractivity contribution in [3.8, 4) is 0 Å². The van der Waals surface area contributed by atoms with Crippen molar-refractivity contribution in [2.75, 3.05) is 11.1 Å². The van der Waals surface area contributed by atoms with Gasteiger partial charge in [0.2, 0.25) is 0 Å². The first-order valence-electron chi connectivity index (χ1n) is 5.08. The van der Waals surface area contributed by atoms with Crippen molar-refractivity contribution in [3.05, 3.63) is 18.3 Å². The minimum Gasteiger partial charge on any atom is -0.397 e. The first-order chi connectivity index (χ1) is 6.58. The van der Waals surface area contributed by atoms with Crippen LogP contribution in [0.3, 0.4) is 0 Å². The molecule has 14 heavy (non-hydrogen) atoms. The number of hydrogen-bond acceptors (Lipinski definition) is 3. The largest absolute Gasteiger partial charge is 0.397 e. The molecule has 3 nitrogen and oxygen atoms in total. The van der Waals surface area contributed by atoms with Crippen molar-refractivity contribution in [3.63, 3.8) is 0 Å². The van der Waals surface area contributed by atoms with Crippen LogP contribution in [0.2, 0.25) is 0 Å². The molecule has 3 N–H and O–H groups in total. The molecule has 0 radical (unpaired) electrons. The van der Waals surface area contributed by atoms with Crippen molar-refractivity contribution in [1.29, 1.82) is 0 Å². The predicted octanol–water partition coefficient (Wildman–Crippen LogP) is 2.26. The van der Waals surface area contributed by atoms with Gasteiger partial charge in [-0.3, -0.25) is 0 Å². The van der Waals surface area contributed by atoms with Crippen molar-refractivity contribution in [2.45, 2.75) is 32.2 Å². The van der Waals surface area contributed by atoms with E-state index in [1.165, 1.54) is 12.8 Å². The van der Waals surface area contributed by atoms with E-state index in [1.807, 2.05) is 12.1 Å². The number of rotatable bonds is 3. The highest BCUT2D eigenvalue weighted by atomic mass is 15.1. The zero-order valence-corrected chi connectivity index (χ0v) is 8.75. The molecule has 0 spiro atoms. The molecule has 1 aliphatic rings. The lowest BCUT2D eigenvalue weighted by molar-refractivity contribution is 0.492. The van der Waals surface area contributed by atoms with Crippen LogP contribution in [-0.2, 0) is 0 Å². The quantitative estimate of drug-likeness (QED) is 0.770. The SMILES string of the molecule is CC(C)(Nc1ccc(N)cn1)C1CC1.